The number of nitrogens with one attached hydrogen (secondary N) is 1. The second kappa shape index (κ2) is 5.69. The van der Waals surface area contributed by atoms with Gasteiger partial charge in [0.1, 0.15) is 6.23 Å². The Morgan fingerprint density at radius 2 is 2.41 bits per heavy atom. The van der Waals surface area contributed by atoms with Crippen molar-refractivity contribution >= 4 is 35.6 Å². The number of aromatic nitrogens is 4. The van der Waals surface area contributed by atoms with Gasteiger partial charge in [-0.25, -0.2) is 4.98 Å². The van der Waals surface area contributed by atoms with E-state index in [9.17, 15) is 9.69 Å². The van der Waals surface area contributed by atoms with Crippen molar-refractivity contribution in [2.45, 2.75) is 25.2 Å². The smallest absolute Gasteiger partial charge is 0.280 e. The molecule has 1 unspecified atom stereocenters. The van der Waals surface area contributed by atoms with E-state index in [1.807, 2.05) is 0 Å². The molecule has 0 radical (unpaired) electrons. The van der Waals surface area contributed by atoms with Crippen LogP contribution in [0.2, 0.25) is 0 Å². The second-order valence-electron chi connectivity index (χ2n) is 4.93. The van der Waals surface area contributed by atoms with Crippen LogP contribution < -0.4 is 16.8 Å². The first-order valence-electron chi connectivity index (χ1n) is 6.47. The van der Waals surface area contributed by atoms with Gasteiger partial charge >= 0.3 is 0 Å². The van der Waals surface area contributed by atoms with Crippen molar-refractivity contribution in [3.05, 3.63) is 16.7 Å². The fraction of sp³-hybridized carbons (Fsp3) is 0.500. The fourth-order valence-electron chi connectivity index (χ4n) is 2.36. The summed E-state index contributed by atoms with van der Waals surface area (Å²) >= 11 is 4.61. The van der Waals surface area contributed by atoms with Crippen LogP contribution in [0.3, 0.4) is 0 Å². The number of H-pyrrole nitrogens is 1. The third kappa shape index (κ3) is 3.19. The quantitative estimate of drug-likeness (QED) is 0.540. The lowest BCUT2D eigenvalue weighted by Gasteiger charge is -2.17. The van der Waals surface area contributed by atoms with Crippen molar-refractivity contribution in [2.24, 2.45) is 5.50 Å². The standard InChI is InChI=1S/C10H15N6O4PS/c11-10-14-8-7(9(17)15-10)13-4-16(8)6-2-1-5(20-6)3-19-21(12,18)22/h4-6H,1-3H2,(H3,12,18,22)(H3,11,14,15,17)/t5-,6+,21?/m0/s1. The predicted octanol–water partition coefficient (Wildman–Crippen LogP) is -0.429. The monoisotopic (exact) mass is 346 g/mol. The molecule has 1 aliphatic heterocycles. The topological polar surface area (TPSA) is 154 Å². The molecule has 1 aliphatic rings. The van der Waals surface area contributed by atoms with Crippen LogP contribution in [0.5, 0.6) is 0 Å². The molecular formula is C10H15N6O4PS. The number of nitrogens with zero attached hydrogens (tertiary/aromatic N) is 3. The number of nitrogens with two attached hydrogens (primary N) is 2. The first-order valence-corrected chi connectivity index (χ1v) is 9.21. The summed E-state index contributed by atoms with van der Waals surface area (Å²) in [5, 5.41) is 0. The highest BCUT2D eigenvalue weighted by molar-refractivity contribution is 8.08. The summed E-state index contributed by atoms with van der Waals surface area (Å²) in [5.74, 6) is 0.0150. The minimum Gasteiger partial charge on any atom is -0.369 e. The number of aromatic amines is 1. The summed E-state index contributed by atoms with van der Waals surface area (Å²) in [6, 6.07) is 0. The molecule has 0 aromatic carbocycles. The van der Waals surface area contributed by atoms with E-state index >= 15 is 0 Å². The van der Waals surface area contributed by atoms with Crippen molar-refractivity contribution < 1.29 is 14.2 Å². The molecule has 10 nitrogen and oxygen atoms in total. The molecule has 0 bridgehead atoms. The molecule has 12 heteroatoms. The van der Waals surface area contributed by atoms with Crippen LogP contribution in [0.4, 0.5) is 5.95 Å². The third-order valence-corrected chi connectivity index (χ3v) is 4.13. The van der Waals surface area contributed by atoms with Crippen molar-refractivity contribution in [3.63, 3.8) is 0 Å². The van der Waals surface area contributed by atoms with Crippen LogP contribution in [0.1, 0.15) is 19.1 Å². The summed E-state index contributed by atoms with van der Waals surface area (Å²) in [4.78, 5) is 31.5. The molecule has 1 fully saturated rings. The SMILES string of the molecule is Nc1nc2c(ncn2[C@H]2CC[C@@H](COP(N)(O)=S)O2)c(=O)[nH]1. The maximum atomic E-state index is 11.7. The summed E-state index contributed by atoms with van der Waals surface area (Å²) in [6.07, 6.45) is 2.26. The van der Waals surface area contributed by atoms with Crippen molar-refractivity contribution in [2.75, 3.05) is 12.3 Å². The van der Waals surface area contributed by atoms with Gasteiger partial charge in [-0.2, -0.15) is 4.98 Å². The molecule has 0 spiro atoms. The molecule has 1 saturated heterocycles. The molecule has 120 valence electrons. The number of hydrogen-bond acceptors (Lipinski definition) is 7. The summed E-state index contributed by atoms with van der Waals surface area (Å²) in [5.41, 5.74) is 11.0. The Morgan fingerprint density at radius 3 is 3.14 bits per heavy atom. The van der Waals surface area contributed by atoms with E-state index < -0.39 is 12.2 Å². The highest BCUT2D eigenvalue weighted by Crippen LogP contribution is 2.35. The fourth-order valence-corrected chi connectivity index (χ4v) is 2.92. The molecule has 0 amide bonds. The molecule has 2 aromatic rings. The molecule has 3 atom stereocenters. The molecule has 22 heavy (non-hydrogen) atoms. The average Bonchev–Trinajstić information content (AvgIpc) is 3.01. The van der Waals surface area contributed by atoms with Gasteiger partial charge in [0.15, 0.2) is 11.2 Å². The first kappa shape index (κ1) is 15.5. The van der Waals surface area contributed by atoms with E-state index in [4.69, 9.17) is 20.5 Å². The zero-order valence-electron chi connectivity index (χ0n) is 11.4. The van der Waals surface area contributed by atoms with Gasteiger partial charge in [-0.3, -0.25) is 19.8 Å². The zero-order chi connectivity index (χ0) is 15.9. The van der Waals surface area contributed by atoms with Crippen molar-refractivity contribution in [1.29, 1.82) is 0 Å². The van der Waals surface area contributed by atoms with Gasteiger partial charge < -0.3 is 19.9 Å². The van der Waals surface area contributed by atoms with E-state index in [-0.39, 0.29) is 30.4 Å². The summed E-state index contributed by atoms with van der Waals surface area (Å²) < 4.78 is 12.5. The van der Waals surface area contributed by atoms with E-state index in [0.29, 0.717) is 18.5 Å². The molecule has 2 aromatic heterocycles. The summed E-state index contributed by atoms with van der Waals surface area (Å²) in [6.45, 7) is -3.08. The van der Waals surface area contributed by atoms with Crippen LogP contribution in [0.15, 0.2) is 11.1 Å². The van der Waals surface area contributed by atoms with Crippen LogP contribution in [-0.4, -0.2) is 37.1 Å². The predicted molar refractivity (Wildman–Crippen MR) is 82.3 cm³/mol. The maximum Gasteiger partial charge on any atom is 0.280 e. The minimum atomic E-state index is -3.19. The Morgan fingerprint density at radius 1 is 1.64 bits per heavy atom. The van der Waals surface area contributed by atoms with E-state index in [1.165, 1.54) is 6.33 Å². The second-order valence-corrected chi connectivity index (χ2v) is 7.88. The van der Waals surface area contributed by atoms with E-state index in [0.717, 1.165) is 0 Å². The van der Waals surface area contributed by atoms with Crippen molar-refractivity contribution in [1.82, 2.24) is 19.5 Å². The first-order chi connectivity index (χ1) is 10.3. The van der Waals surface area contributed by atoms with Crippen LogP contribution in [-0.2, 0) is 21.1 Å². The highest BCUT2D eigenvalue weighted by atomic mass is 32.5. The van der Waals surface area contributed by atoms with Gasteiger partial charge in [-0.05, 0) is 24.6 Å². The van der Waals surface area contributed by atoms with Crippen LogP contribution in [0.25, 0.3) is 11.2 Å². The van der Waals surface area contributed by atoms with Gasteiger partial charge in [0.25, 0.3) is 12.2 Å². The normalized spacial score (nSPS) is 24.6. The number of imidazole rings is 1. The Labute approximate surface area is 129 Å². The number of nitrogen functional groups attached to an aromatic ring is 1. The van der Waals surface area contributed by atoms with Crippen molar-refractivity contribution in [3.8, 4) is 0 Å². The highest BCUT2D eigenvalue weighted by Gasteiger charge is 2.29. The molecule has 0 saturated carbocycles. The third-order valence-electron chi connectivity index (χ3n) is 3.29. The van der Waals surface area contributed by atoms with Crippen LogP contribution in [0, 0.1) is 0 Å². The Balaban J connectivity index is 1.79. The number of rotatable bonds is 4. The minimum absolute atomic E-state index is 0.0150. The number of hydrogen-bond donors (Lipinski definition) is 4. The van der Waals surface area contributed by atoms with Gasteiger partial charge in [0.2, 0.25) is 5.95 Å². The van der Waals surface area contributed by atoms with E-state index in [1.54, 1.807) is 4.57 Å². The number of anilines is 1. The molecule has 0 aliphatic carbocycles. The lowest BCUT2D eigenvalue weighted by atomic mass is 10.2. The van der Waals surface area contributed by atoms with E-state index in [2.05, 4.69) is 26.8 Å². The van der Waals surface area contributed by atoms with Crippen LogP contribution >= 0.6 is 6.64 Å². The molecular weight excluding hydrogens is 331 g/mol. The molecule has 6 N–H and O–H groups in total. The lowest BCUT2D eigenvalue weighted by molar-refractivity contribution is -0.0157. The number of fused-ring (bicyclic) bond motifs is 1. The Bertz CT molecular complexity index is 800. The molecule has 3 heterocycles. The maximum absolute atomic E-state index is 11.7. The number of ether oxygens (including phenoxy) is 1. The van der Waals surface area contributed by atoms with Gasteiger partial charge in [-0.15, -0.1) is 0 Å². The van der Waals surface area contributed by atoms with Gasteiger partial charge in [-0.1, -0.05) is 0 Å². The lowest BCUT2D eigenvalue weighted by Crippen LogP contribution is -2.18. The summed E-state index contributed by atoms with van der Waals surface area (Å²) in [7, 11) is 0. The zero-order valence-corrected chi connectivity index (χ0v) is 13.1. The Kier molecular flexibility index (Phi) is 4.02. The Hall–Kier alpha value is -1.36. The van der Waals surface area contributed by atoms with Gasteiger partial charge in [0.05, 0.1) is 19.0 Å². The average molecular weight is 346 g/mol. The largest absolute Gasteiger partial charge is 0.369 e. The van der Waals surface area contributed by atoms with Gasteiger partial charge in [0, 0.05) is 0 Å². The molecule has 3 rings (SSSR count).